The van der Waals surface area contributed by atoms with Gasteiger partial charge in [0.05, 0.1) is 19.3 Å². The zero-order valence-corrected chi connectivity index (χ0v) is 11.2. The summed E-state index contributed by atoms with van der Waals surface area (Å²) >= 11 is 0. The molecule has 0 radical (unpaired) electrons. The van der Waals surface area contributed by atoms with Gasteiger partial charge in [-0.15, -0.1) is 0 Å². The lowest BCUT2D eigenvalue weighted by Crippen LogP contribution is -2.44. The summed E-state index contributed by atoms with van der Waals surface area (Å²) in [7, 11) is 1.56. The number of phenols is 1. The quantitative estimate of drug-likeness (QED) is 0.892. The highest BCUT2D eigenvalue weighted by molar-refractivity contribution is 5.41. The maximum Gasteiger partial charge on any atom is 0.160 e. The van der Waals surface area contributed by atoms with E-state index in [0.29, 0.717) is 5.75 Å². The largest absolute Gasteiger partial charge is 0.504 e. The maximum atomic E-state index is 9.76. The van der Waals surface area contributed by atoms with Crippen molar-refractivity contribution in [3.05, 3.63) is 23.8 Å². The van der Waals surface area contributed by atoms with Gasteiger partial charge in [0.15, 0.2) is 11.5 Å². The van der Waals surface area contributed by atoms with E-state index in [4.69, 9.17) is 9.47 Å². The molecule has 100 valence electrons. The monoisotopic (exact) mass is 251 g/mol. The molecular formula is C14H21NO3. The molecule has 2 rings (SSSR count). The van der Waals surface area contributed by atoms with Crippen LogP contribution in [-0.4, -0.2) is 42.4 Å². The van der Waals surface area contributed by atoms with Crippen LogP contribution in [0.4, 0.5) is 0 Å². The van der Waals surface area contributed by atoms with Gasteiger partial charge in [0.1, 0.15) is 0 Å². The first-order valence-electron chi connectivity index (χ1n) is 6.32. The van der Waals surface area contributed by atoms with E-state index < -0.39 is 0 Å². The lowest BCUT2D eigenvalue weighted by atomic mass is 10.1. The van der Waals surface area contributed by atoms with Crippen LogP contribution in [0.2, 0.25) is 0 Å². The van der Waals surface area contributed by atoms with E-state index in [9.17, 15) is 5.11 Å². The first-order valence-corrected chi connectivity index (χ1v) is 6.32. The Morgan fingerprint density at radius 2 is 2.00 bits per heavy atom. The summed E-state index contributed by atoms with van der Waals surface area (Å²) in [6, 6.07) is 5.56. The van der Waals surface area contributed by atoms with Crippen LogP contribution >= 0.6 is 0 Å². The van der Waals surface area contributed by atoms with Crippen LogP contribution in [-0.2, 0) is 11.3 Å². The number of nitrogens with zero attached hydrogens (tertiary/aromatic N) is 1. The Labute approximate surface area is 108 Å². The Morgan fingerprint density at radius 1 is 1.33 bits per heavy atom. The molecule has 0 aromatic heterocycles. The first-order chi connectivity index (χ1) is 8.58. The molecular weight excluding hydrogens is 230 g/mol. The SMILES string of the molecule is COc1ccc(CN2C[C@H](C)O[C@@H](C)C2)cc1O. The van der Waals surface area contributed by atoms with Crippen molar-refractivity contribution in [3.8, 4) is 11.5 Å². The second-order valence-electron chi connectivity index (χ2n) is 4.96. The van der Waals surface area contributed by atoms with Crippen molar-refractivity contribution in [1.82, 2.24) is 4.90 Å². The Bertz CT molecular complexity index is 398. The van der Waals surface area contributed by atoms with E-state index in [1.807, 2.05) is 6.07 Å². The minimum Gasteiger partial charge on any atom is -0.504 e. The molecule has 0 spiro atoms. The molecule has 1 aromatic carbocycles. The van der Waals surface area contributed by atoms with Crippen LogP contribution in [0, 0.1) is 0 Å². The van der Waals surface area contributed by atoms with Crippen molar-refractivity contribution in [1.29, 1.82) is 0 Å². The van der Waals surface area contributed by atoms with Crippen molar-refractivity contribution in [3.63, 3.8) is 0 Å². The highest BCUT2D eigenvalue weighted by atomic mass is 16.5. The number of rotatable bonds is 3. The summed E-state index contributed by atoms with van der Waals surface area (Å²) in [5, 5.41) is 9.76. The highest BCUT2D eigenvalue weighted by Gasteiger charge is 2.22. The van der Waals surface area contributed by atoms with E-state index in [0.717, 1.165) is 25.2 Å². The van der Waals surface area contributed by atoms with Crippen LogP contribution < -0.4 is 4.74 Å². The second kappa shape index (κ2) is 5.59. The summed E-state index contributed by atoms with van der Waals surface area (Å²) in [6.45, 7) is 6.87. The molecule has 0 amide bonds. The van der Waals surface area contributed by atoms with Gasteiger partial charge in [-0.25, -0.2) is 0 Å². The lowest BCUT2D eigenvalue weighted by molar-refractivity contribution is -0.0704. The van der Waals surface area contributed by atoms with Gasteiger partial charge >= 0.3 is 0 Å². The third kappa shape index (κ3) is 3.15. The van der Waals surface area contributed by atoms with Crippen LogP contribution in [0.25, 0.3) is 0 Å². The number of hydrogen-bond donors (Lipinski definition) is 1. The summed E-state index contributed by atoms with van der Waals surface area (Å²) in [5.74, 6) is 0.715. The van der Waals surface area contributed by atoms with Gasteiger partial charge in [0, 0.05) is 19.6 Å². The minimum absolute atomic E-state index is 0.198. The Balaban J connectivity index is 2.02. The topological polar surface area (TPSA) is 41.9 Å². The number of aromatic hydroxyl groups is 1. The molecule has 0 bridgehead atoms. The molecule has 0 aliphatic carbocycles. The van der Waals surface area contributed by atoms with E-state index in [1.54, 1.807) is 19.2 Å². The maximum absolute atomic E-state index is 9.76. The number of phenolic OH excluding ortho intramolecular Hbond substituents is 1. The summed E-state index contributed by atoms with van der Waals surface area (Å²) < 4.78 is 10.7. The predicted octanol–water partition coefficient (Wildman–Crippen LogP) is 2.01. The zero-order chi connectivity index (χ0) is 13.1. The van der Waals surface area contributed by atoms with Crippen LogP contribution in [0.3, 0.4) is 0 Å². The predicted molar refractivity (Wildman–Crippen MR) is 69.9 cm³/mol. The molecule has 18 heavy (non-hydrogen) atoms. The number of benzene rings is 1. The number of hydrogen-bond acceptors (Lipinski definition) is 4. The van der Waals surface area contributed by atoms with Crippen molar-refractivity contribution in [2.24, 2.45) is 0 Å². The molecule has 4 nitrogen and oxygen atoms in total. The fourth-order valence-corrected chi connectivity index (χ4v) is 2.51. The van der Waals surface area contributed by atoms with E-state index in [1.165, 1.54) is 0 Å². The third-order valence-electron chi connectivity index (χ3n) is 3.14. The summed E-state index contributed by atoms with van der Waals surface area (Å²) in [4.78, 5) is 2.35. The van der Waals surface area contributed by atoms with Crippen molar-refractivity contribution >= 4 is 0 Å². The molecule has 1 aliphatic rings. The molecule has 1 aromatic rings. The molecule has 1 heterocycles. The van der Waals surface area contributed by atoms with Gasteiger partial charge in [0.2, 0.25) is 0 Å². The van der Waals surface area contributed by atoms with E-state index >= 15 is 0 Å². The number of methoxy groups -OCH3 is 1. The number of ether oxygens (including phenoxy) is 2. The average molecular weight is 251 g/mol. The first kappa shape index (κ1) is 13.2. The standard InChI is InChI=1S/C14H21NO3/c1-10-7-15(8-11(2)18-10)9-12-4-5-14(17-3)13(16)6-12/h4-6,10-11,16H,7-9H2,1-3H3/t10-,11-/m0/s1. The van der Waals surface area contributed by atoms with Gasteiger partial charge < -0.3 is 14.6 Å². The van der Waals surface area contributed by atoms with Crippen molar-refractivity contribution in [2.45, 2.75) is 32.6 Å². The van der Waals surface area contributed by atoms with Gasteiger partial charge in [-0.2, -0.15) is 0 Å². The van der Waals surface area contributed by atoms with Gasteiger partial charge in [0.25, 0.3) is 0 Å². The normalized spacial score (nSPS) is 25.1. The second-order valence-corrected chi connectivity index (χ2v) is 4.96. The Hall–Kier alpha value is -1.26. The molecule has 1 fully saturated rings. The minimum atomic E-state index is 0.198. The molecule has 0 saturated carbocycles. The average Bonchev–Trinajstić information content (AvgIpc) is 2.27. The fraction of sp³-hybridized carbons (Fsp3) is 0.571. The van der Waals surface area contributed by atoms with Crippen molar-refractivity contribution in [2.75, 3.05) is 20.2 Å². The Morgan fingerprint density at radius 3 is 2.56 bits per heavy atom. The molecule has 0 unspecified atom stereocenters. The molecule has 1 saturated heterocycles. The lowest BCUT2D eigenvalue weighted by Gasteiger charge is -2.35. The smallest absolute Gasteiger partial charge is 0.160 e. The van der Waals surface area contributed by atoms with Crippen LogP contribution in [0.15, 0.2) is 18.2 Å². The van der Waals surface area contributed by atoms with Crippen molar-refractivity contribution < 1.29 is 14.6 Å². The van der Waals surface area contributed by atoms with Crippen LogP contribution in [0.5, 0.6) is 11.5 Å². The van der Waals surface area contributed by atoms with E-state index in [2.05, 4.69) is 18.7 Å². The van der Waals surface area contributed by atoms with Gasteiger partial charge in [-0.05, 0) is 31.5 Å². The third-order valence-corrected chi connectivity index (χ3v) is 3.14. The van der Waals surface area contributed by atoms with Crippen LogP contribution in [0.1, 0.15) is 19.4 Å². The number of morpholine rings is 1. The molecule has 1 aliphatic heterocycles. The Kier molecular flexibility index (Phi) is 4.09. The molecule has 4 heteroatoms. The zero-order valence-electron chi connectivity index (χ0n) is 11.2. The van der Waals surface area contributed by atoms with E-state index in [-0.39, 0.29) is 18.0 Å². The highest BCUT2D eigenvalue weighted by Crippen LogP contribution is 2.27. The fourth-order valence-electron chi connectivity index (χ4n) is 2.51. The van der Waals surface area contributed by atoms with Gasteiger partial charge in [-0.3, -0.25) is 4.90 Å². The molecule has 2 atom stereocenters. The van der Waals surface area contributed by atoms with Gasteiger partial charge in [-0.1, -0.05) is 6.07 Å². The summed E-state index contributed by atoms with van der Waals surface area (Å²) in [6.07, 6.45) is 0.529. The summed E-state index contributed by atoms with van der Waals surface area (Å²) in [5.41, 5.74) is 1.09. The molecule has 1 N–H and O–H groups in total.